The van der Waals surface area contributed by atoms with E-state index in [1.165, 1.54) is 0 Å². The Hall–Kier alpha value is -0.360. The molecule has 1 atom stereocenters. The normalized spacial score (nSPS) is 18.6. The van der Waals surface area contributed by atoms with Gasteiger partial charge in [-0.2, -0.15) is 0 Å². The third kappa shape index (κ3) is 4.39. The number of hydrogen-bond donors (Lipinski definition) is 1. The molecule has 0 bridgehead atoms. The van der Waals surface area contributed by atoms with Crippen LogP contribution in [0.15, 0.2) is 22.8 Å². The minimum Gasteiger partial charge on any atom is -0.336 e. The number of aromatic nitrogens is 1. The van der Waals surface area contributed by atoms with Crippen LogP contribution in [0.4, 0.5) is 0 Å². The van der Waals surface area contributed by atoms with Crippen molar-refractivity contribution in [1.29, 1.82) is 0 Å². The maximum absolute atomic E-state index is 12.0. The summed E-state index contributed by atoms with van der Waals surface area (Å²) in [5, 5.41) is 0. The second kappa shape index (κ2) is 7.94. The average Bonchev–Trinajstić information content (AvgIpc) is 2.29. The molecule has 1 aromatic rings. The molecule has 2 heterocycles. The zero-order chi connectivity index (χ0) is 11.5. The van der Waals surface area contributed by atoms with Gasteiger partial charge in [-0.1, -0.05) is 0 Å². The number of likely N-dealkylation sites (tertiary alicyclic amines) is 1. The summed E-state index contributed by atoms with van der Waals surface area (Å²) in [5.41, 5.74) is 6.33. The van der Waals surface area contributed by atoms with Crippen molar-refractivity contribution >= 4 is 46.7 Å². The van der Waals surface area contributed by atoms with Crippen LogP contribution in [0.2, 0.25) is 0 Å². The molecule has 18 heavy (non-hydrogen) atoms. The van der Waals surface area contributed by atoms with Gasteiger partial charge in [-0.15, -0.1) is 24.8 Å². The van der Waals surface area contributed by atoms with Gasteiger partial charge in [0.05, 0.1) is 0 Å². The highest BCUT2D eigenvalue weighted by Crippen LogP contribution is 2.13. The first kappa shape index (κ1) is 17.6. The first-order valence-electron chi connectivity index (χ1n) is 5.33. The van der Waals surface area contributed by atoms with Gasteiger partial charge in [0.15, 0.2) is 0 Å². The molecule has 1 aliphatic rings. The third-order valence-corrected chi connectivity index (χ3v) is 3.16. The van der Waals surface area contributed by atoms with Gasteiger partial charge in [0.25, 0.3) is 5.91 Å². The number of amides is 1. The van der Waals surface area contributed by atoms with Crippen LogP contribution >= 0.6 is 40.7 Å². The average molecular weight is 357 g/mol. The lowest BCUT2D eigenvalue weighted by molar-refractivity contribution is 0.0703. The van der Waals surface area contributed by atoms with Crippen molar-refractivity contribution in [2.75, 3.05) is 13.1 Å². The minimum absolute atomic E-state index is 0. The summed E-state index contributed by atoms with van der Waals surface area (Å²) in [7, 11) is 0. The molecule has 1 aromatic heterocycles. The molecule has 0 unspecified atom stereocenters. The number of nitrogens with two attached hydrogens (primary N) is 1. The van der Waals surface area contributed by atoms with Crippen LogP contribution in [0, 0.1) is 0 Å². The van der Waals surface area contributed by atoms with E-state index in [0.29, 0.717) is 12.2 Å². The smallest absolute Gasteiger partial charge is 0.272 e. The second-order valence-corrected chi connectivity index (χ2v) is 4.93. The molecule has 1 fully saturated rings. The van der Waals surface area contributed by atoms with E-state index in [-0.39, 0.29) is 36.8 Å². The number of halogens is 3. The molecule has 102 valence electrons. The summed E-state index contributed by atoms with van der Waals surface area (Å²) >= 11 is 3.29. The van der Waals surface area contributed by atoms with E-state index in [0.717, 1.165) is 23.9 Å². The second-order valence-electron chi connectivity index (χ2n) is 4.02. The van der Waals surface area contributed by atoms with Crippen molar-refractivity contribution in [1.82, 2.24) is 9.88 Å². The molecule has 0 aromatic carbocycles. The maximum atomic E-state index is 12.0. The van der Waals surface area contributed by atoms with Crippen LogP contribution in [0.5, 0.6) is 0 Å². The van der Waals surface area contributed by atoms with Crippen LogP contribution in [-0.2, 0) is 0 Å². The predicted octanol–water partition coefficient (Wildman–Crippen LogP) is 2.25. The van der Waals surface area contributed by atoms with Crippen molar-refractivity contribution in [2.24, 2.45) is 5.73 Å². The number of carbonyl (C=O) groups is 1. The first-order valence-corrected chi connectivity index (χ1v) is 6.12. The van der Waals surface area contributed by atoms with Crippen molar-refractivity contribution in [3.63, 3.8) is 0 Å². The Labute approximate surface area is 127 Å². The number of piperidine rings is 1. The van der Waals surface area contributed by atoms with Crippen LogP contribution in [0.1, 0.15) is 23.3 Å². The largest absolute Gasteiger partial charge is 0.336 e. The van der Waals surface area contributed by atoms with E-state index in [2.05, 4.69) is 20.9 Å². The lowest BCUT2D eigenvalue weighted by Gasteiger charge is -2.30. The highest BCUT2D eigenvalue weighted by atomic mass is 79.9. The summed E-state index contributed by atoms with van der Waals surface area (Å²) < 4.78 is 0.874. The number of pyridine rings is 1. The zero-order valence-corrected chi connectivity index (χ0v) is 12.9. The van der Waals surface area contributed by atoms with E-state index in [4.69, 9.17) is 5.73 Å². The number of rotatable bonds is 1. The molecule has 7 heteroatoms. The lowest BCUT2D eigenvalue weighted by Crippen LogP contribution is -2.45. The van der Waals surface area contributed by atoms with Crippen LogP contribution in [-0.4, -0.2) is 34.9 Å². The maximum Gasteiger partial charge on any atom is 0.272 e. The standard InChI is InChI=1S/C11H14BrN3O.2ClH/c12-8-3-4-10(14-6-8)11(16)15-5-1-2-9(13)7-15;;/h3-4,6,9H,1-2,5,7,13H2;2*1H/t9-;;/m1../s1. The Morgan fingerprint density at radius 2 is 2.17 bits per heavy atom. The van der Waals surface area contributed by atoms with Crippen molar-refractivity contribution in [3.05, 3.63) is 28.5 Å². The molecule has 1 aliphatic heterocycles. The number of carbonyl (C=O) groups excluding carboxylic acids is 1. The molecule has 0 spiro atoms. The molecule has 4 nitrogen and oxygen atoms in total. The fourth-order valence-corrected chi connectivity index (χ4v) is 2.09. The van der Waals surface area contributed by atoms with Gasteiger partial charge < -0.3 is 10.6 Å². The van der Waals surface area contributed by atoms with Gasteiger partial charge in [0, 0.05) is 29.8 Å². The quantitative estimate of drug-likeness (QED) is 0.839. The molecule has 1 amide bonds. The minimum atomic E-state index is -0.0253. The molecule has 0 radical (unpaired) electrons. The Morgan fingerprint density at radius 1 is 1.44 bits per heavy atom. The SMILES string of the molecule is Cl.Cl.N[C@@H]1CCCN(C(=O)c2ccc(Br)cn2)C1. The van der Waals surface area contributed by atoms with Gasteiger partial charge in [-0.25, -0.2) is 4.98 Å². The molecule has 2 rings (SSSR count). The van der Waals surface area contributed by atoms with E-state index >= 15 is 0 Å². The topological polar surface area (TPSA) is 59.2 Å². The summed E-state index contributed by atoms with van der Waals surface area (Å²) in [5.74, 6) is -0.0253. The van der Waals surface area contributed by atoms with Crippen molar-refractivity contribution in [2.45, 2.75) is 18.9 Å². The number of nitrogens with zero attached hydrogens (tertiary/aromatic N) is 2. The van der Waals surface area contributed by atoms with Crippen molar-refractivity contribution < 1.29 is 4.79 Å². The summed E-state index contributed by atoms with van der Waals surface area (Å²) in [6, 6.07) is 3.66. The Balaban J connectivity index is 0.00000144. The highest BCUT2D eigenvalue weighted by molar-refractivity contribution is 9.10. The highest BCUT2D eigenvalue weighted by Gasteiger charge is 2.22. The van der Waals surface area contributed by atoms with Crippen LogP contribution < -0.4 is 5.73 Å². The lowest BCUT2D eigenvalue weighted by atomic mass is 10.1. The van der Waals surface area contributed by atoms with Gasteiger partial charge in [0.2, 0.25) is 0 Å². The van der Waals surface area contributed by atoms with Crippen LogP contribution in [0.3, 0.4) is 0 Å². The molecule has 1 saturated heterocycles. The van der Waals surface area contributed by atoms with E-state index < -0.39 is 0 Å². The van der Waals surface area contributed by atoms with E-state index in [9.17, 15) is 4.79 Å². The first-order chi connectivity index (χ1) is 7.66. The third-order valence-electron chi connectivity index (χ3n) is 2.69. The molecule has 0 saturated carbocycles. The molecular formula is C11H16BrCl2N3O. The zero-order valence-electron chi connectivity index (χ0n) is 9.71. The van der Waals surface area contributed by atoms with Crippen molar-refractivity contribution in [3.8, 4) is 0 Å². The molecule has 0 aliphatic carbocycles. The van der Waals surface area contributed by atoms with Gasteiger partial charge in [-0.3, -0.25) is 4.79 Å². The van der Waals surface area contributed by atoms with E-state index in [1.807, 2.05) is 6.07 Å². The van der Waals surface area contributed by atoms with Gasteiger partial charge in [-0.05, 0) is 40.9 Å². The molecular weight excluding hydrogens is 341 g/mol. The summed E-state index contributed by atoms with van der Waals surface area (Å²) in [6.45, 7) is 1.42. The fraction of sp³-hybridized carbons (Fsp3) is 0.455. The fourth-order valence-electron chi connectivity index (χ4n) is 1.86. The van der Waals surface area contributed by atoms with Gasteiger partial charge in [0.1, 0.15) is 5.69 Å². The summed E-state index contributed by atoms with van der Waals surface area (Å²) in [4.78, 5) is 17.9. The monoisotopic (exact) mass is 355 g/mol. The van der Waals surface area contributed by atoms with E-state index in [1.54, 1.807) is 17.2 Å². The Bertz CT molecular complexity index is 388. The Morgan fingerprint density at radius 3 is 2.72 bits per heavy atom. The Kier molecular flexibility index (Phi) is 7.78. The van der Waals surface area contributed by atoms with Gasteiger partial charge >= 0.3 is 0 Å². The van der Waals surface area contributed by atoms with Crippen LogP contribution in [0.25, 0.3) is 0 Å². The molecule has 2 N–H and O–H groups in total. The number of hydrogen-bond acceptors (Lipinski definition) is 3. The summed E-state index contributed by atoms with van der Waals surface area (Å²) in [6.07, 6.45) is 3.61. The predicted molar refractivity (Wildman–Crippen MR) is 79.5 cm³/mol.